The number of ketones is 1. The minimum Gasteiger partial charge on any atom is -0.360 e. The van der Waals surface area contributed by atoms with Crippen molar-refractivity contribution in [1.29, 1.82) is 0 Å². The molecule has 0 spiro atoms. The van der Waals surface area contributed by atoms with E-state index in [1.165, 1.54) is 0 Å². The van der Waals surface area contributed by atoms with Gasteiger partial charge in [-0.15, -0.1) is 0 Å². The molecular formula is C17H14BrNO. The van der Waals surface area contributed by atoms with Gasteiger partial charge in [-0.05, 0) is 43.2 Å². The quantitative estimate of drug-likeness (QED) is 0.675. The summed E-state index contributed by atoms with van der Waals surface area (Å²) in [7, 11) is 0. The van der Waals surface area contributed by atoms with Crippen molar-refractivity contribution < 1.29 is 4.79 Å². The molecule has 2 nitrogen and oxygen atoms in total. The van der Waals surface area contributed by atoms with Crippen LogP contribution < -0.4 is 0 Å². The third-order valence-electron chi connectivity index (χ3n) is 3.53. The van der Waals surface area contributed by atoms with Gasteiger partial charge in [0, 0.05) is 32.7 Å². The van der Waals surface area contributed by atoms with Gasteiger partial charge in [0.25, 0.3) is 0 Å². The van der Waals surface area contributed by atoms with Gasteiger partial charge in [-0.2, -0.15) is 0 Å². The van der Waals surface area contributed by atoms with Crippen LogP contribution in [0.2, 0.25) is 0 Å². The monoisotopic (exact) mass is 327 g/mol. The number of carbonyl (C=O) groups is 1. The van der Waals surface area contributed by atoms with Gasteiger partial charge >= 0.3 is 0 Å². The van der Waals surface area contributed by atoms with Crippen molar-refractivity contribution >= 4 is 32.6 Å². The second kappa shape index (κ2) is 4.91. The Morgan fingerprint density at radius 2 is 1.90 bits per heavy atom. The van der Waals surface area contributed by atoms with Gasteiger partial charge in [-0.3, -0.25) is 4.79 Å². The molecule has 0 aliphatic rings. The minimum absolute atomic E-state index is 0.0393. The van der Waals surface area contributed by atoms with Crippen molar-refractivity contribution in [3.05, 3.63) is 69.3 Å². The lowest BCUT2D eigenvalue weighted by molar-refractivity contribution is 0.103. The summed E-state index contributed by atoms with van der Waals surface area (Å²) in [5.74, 6) is 0.0393. The zero-order valence-electron chi connectivity index (χ0n) is 11.3. The third kappa shape index (κ3) is 2.08. The molecule has 100 valence electrons. The van der Waals surface area contributed by atoms with Crippen molar-refractivity contribution in [3.8, 4) is 0 Å². The number of nitrogens with one attached hydrogen (secondary N) is 1. The van der Waals surface area contributed by atoms with Gasteiger partial charge in [0.2, 0.25) is 0 Å². The van der Waals surface area contributed by atoms with Crippen LogP contribution in [0.3, 0.4) is 0 Å². The molecule has 0 saturated carbocycles. The number of aryl methyl sites for hydroxylation is 2. The molecule has 3 rings (SSSR count). The van der Waals surface area contributed by atoms with E-state index < -0.39 is 0 Å². The Kier molecular flexibility index (Phi) is 3.22. The zero-order valence-corrected chi connectivity index (χ0v) is 12.9. The first-order valence-electron chi connectivity index (χ1n) is 6.45. The van der Waals surface area contributed by atoms with Crippen LogP contribution in [-0.4, -0.2) is 10.8 Å². The lowest BCUT2D eigenvalue weighted by atomic mass is 9.99. The van der Waals surface area contributed by atoms with Gasteiger partial charge in [0.05, 0.1) is 0 Å². The summed E-state index contributed by atoms with van der Waals surface area (Å²) in [4.78, 5) is 15.9. The molecule has 0 unspecified atom stereocenters. The summed E-state index contributed by atoms with van der Waals surface area (Å²) in [5.41, 5.74) is 4.65. The molecule has 0 fully saturated rings. The summed E-state index contributed by atoms with van der Waals surface area (Å²) < 4.78 is 0.838. The van der Waals surface area contributed by atoms with Crippen LogP contribution in [0.5, 0.6) is 0 Å². The number of benzene rings is 2. The predicted octanol–water partition coefficient (Wildman–Crippen LogP) is 4.78. The fraction of sp³-hybridized carbons (Fsp3) is 0.118. The Labute approximate surface area is 126 Å². The lowest BCUT2D eigenvalue weighted by Crippen LogP contribution is -2.02. The number of hydrogen-bond acceptors (Lipinski definition) is 1. The molecular weight excluding hydrogens is 314 g/mol. The molecule has 0 radical (unpaired) electrons. The van der Waals surface area contributed by atoms with E-state index in [2.05, 4.69) is 20.9 Å². The van der Waals surface area contributed by atoms with Crippen LogP contribution in [0.25, 0.3) is 10.9 Å². The molecule has 3 heteroatoms. The molecule has 2 aromatic carbocycles. The molecule has 0 aliphatic carbocycles. The van der Waals surface area contributed by atoms with Crippen molar-refractivity contribution in [3.63, 3.8) is 0 Å². The van der Waals surface area contributed by atoms with E-state index in [4.69, 9.17) is 0 Å². The Morgan fingerprint density at radius 1 is 1.10 bits per heavy atom. The molecule has 0 bridgehead atoms. The van der Waals surface area contributed by atoms with Crippen LogP contribution in [-0.2, 0) is 0 Å². The number of aromatic amines is 1. The molecule has 1 aromatic heterocycles. The van der Waals surface area contributed by atoms with Crippen molar-refractivity contribution in [2.24, 2.45) is 0 Å². The standard InChI is InChI=1S/C17H14BrNO/c1-10-6-7-12(14(18)8-10)17(20)13-9-19-15-5-3-4-11(2)16(13)15/h3-9,19H,1-2H3. The minimum atomic E-state index is 0.0393. The molecule has 1 heterocycles. The molecule has 3 aromatic rings. The van der Waals surface area contributed by atoms with Crippen LogP contribution >= 0.6 is 15.9 Å². The average molecular weight is 328 g/mol. The van der Waals surface area contributed by atoms with Gasteiger partial charge < -0.3 is 4.98 Å². The second-order valence-corrected chi connectivity index (χ2v) is 5.87. The summed E-state index contributed by atoms with van der Waals surface area (Å²) in [6.07, 6.45) is 1.80. The summed E-state index contributed by atoms with van der Waals surface area (Å²) in [5, 5.41) is 1.00. The lowest BCUT2D eigenvalue weighted by Gasteiger charge is -2.05. The predicted molar refractivity (Wildman–Crippen MR) is 85.3 cm³/mol. The molecule has 20 heavy (non-hydrogen) atoms. The highest BCUT2D eigenvalue weighted by Gasteiger charge is 2.17. The molecule has 1 N–H and O–H groups in total. The molecule has 0 aliphatic heterocycles. The Morgan fingerprint density at radius 3 is 2.65 bits per heavy atom. The third-order valence-corrected chi connectivity index (χ3v) is 4.18. The van der Waals surface area contributed by atoms with E-state index in [1.807, 2.05) is 50.2 Å². The van der Waals surface area contributed by atoms with Crippen LogP contribution in [0.15, 0.2) is 47.1 Å². The normalized spacial score (nSPS) is 10.9. The van der Waals surface area contributed by atoms with Crippen molar-refractivity contribution in [2.45, 2.75) is 13.8 Å². The van der Waals surface area contributed by atoms with Gasteiger partial charge in [-0.25, -0.2) is 0 Å². The number of H-pyrrole nitrogens is 1. The van der Waals surface area contributed by atoms with E-state index in [0.29, 0.717) is 5.56 Å². The highest BCUT2D eigenvalue weighted by molar-refractivity contribution is 9.10. The van der Waals surface area contributed by atoms with Crippen molar-refractivity contribution in [1.82, 2.24) is 4.98 Å². The fourth-order valence-electron chi connectivity index (χ4n) is 2.50. The van der Waals surface area contributed by atoms with E-state index in [0.717, 1.165) is 32.1 Å². The maximum Gasteiger partial charge on any atom is 0.196 e. The Bertz CT molecular complexity index is 817. The first-order valence-corrected chi connectivity index (χ1v) is 7.25. The number of carbonyl (C=O) groups excluding carboxylic acids is 1. The molecule has 0 amide bonds. The fourth-order valence-corrected chi connectivity index (χ4v) is 3.17. The highest BCUT2D eigenvalue weighted by atomic mass is 79.9. The molecule has 0 atom stereocenters. The van der Waals surface area contributed by atoms with Gasteiger partial charge in [0.15, 0.2) is 5.78 Å². The first-order chi connectivity index (χ1) is 9.58. The topological polar surface area (TPSA) is 32.9 Å². The second-order valence-electron chi connectivity index (χ2n) is 5.01. The Hall–Kier alpha value is -1.87. The van der Waals surface area contributed by atoms with E-state index in [-0.39, 0.29) is 5.78 Å². The van der Waals surface area contributed by atoms with Crippen LogP contribution in [0, 0.1) is 13.8 Å². The summed E-state index contributed by atoms with van der Waals surface area (Å²) in [6.45, 7) is 4.03. The first kappa shape index (κ1) is 13.1. The van der Waals surface area contributed by atoms with Gasteiger partial charge in [0.1, 0.15) is 0 Å². The molecule has 0 saturated heterocycles. The maximum atomic E-state index is 12.8. The van der Waals surface area contributed by atoms with E-state index >= 15 is 0 Å². The smallest absolute Gasteiger partial charge is 0.196 e. The largest absolute Gasteiger partial charge is 0.360 e. The number of fused-ring (bicyclic) bond motifs is 1. The summed E-state index contributed by atoms with van der Waals surface area (Å²) >= 11 is 3.48. The SMILES string of the molecule is Cc1ccc(C(=O)c2c[nH]c3cccc(C)c23)c(Br)c1. The number of halogens is 1. The highest BCUT2D eigenvalue weighted by Crippen LogP contribution is 2.27. The van der Waals surface area contributed by atoms with Crippen molar-refractivity contribution in [2.75, 3.05) is 0 Å². The van der Waals surface area contributed by atoms with Crippen LogP contribution in [0.4, 0.5) is 0 Å². The summed E-state index contributed by atoms with van der Waals surface area (Å²) in [6, 6.07) is 11.8. The Balaban J connectivity index is 2.18. The number of hydrogen-bond donors (Lipinski definition) is 1. The number of aromatic nitrogens is 1. The van der Waals surface area contributed by atoms with Gasteiger partial charge in [-0.1, -0.05) is 34.1 Å². The number of rotatable bonds is 2. The average Bonchev–Trinajstić information content (AvgIpc) is 2.83. The van der Waals surface area contributed by atoms with E-state index in [1.54, 1.807) is 6.20 Å². The van der Waals surface area contributed by atoms with E-state index in [9.17, 15) is 4.79 Å². The van der Waals surface area contributed by atoms with Crippen LogP contribution in [0.1, 0.15) is 27.0 Å². The maximum absolute atomic E-state index is 12.8. The zero-order chi connectivity index (χ0) is 14.3.